The van der Waals surface area contributed by atoms with Crippen molar-refractivity contribution in [2.24, 2.45) is 0 Å². The van der Waals surface area contributed by atoms with Crippen LogP contribution >= 0.6 is 22.6 Å². The molecule has 1 rings (SSSR count). The zero-order chi connectivity index (χ0) is 18.1. The van der Waals surface area contributed by atoms with Crippen molar-refractivity contribution in [2.45, 2.75) is 40.7 Å². The molecule has 0 fully saturated rings. The van der Waals surface area contributed by atoms with Gasteiger partial charge in [0.1, 0.15) is 0 Å². The van der Waals surface area contributed by atoms with Gasteiger partial charge in [-0.2, -0.15) is 39.5 Å². The van der Waals surface area contributed by atoms with Crippen LogP contribution in [-0.4, -0.2) is 27.9 Å². The lowest BCUT2D eigenvalue weighted by atomic mass is 9.97. The molecule has 132 valence electrons. The van der Waals surface area contributed by atoms with E-state index in [2.05, 4.69) is 0 Å². The molecule has 0 spiro atoms. The fourth-order valence-electron chi connectivity index (χ4n) is 1.76. The van der Waals surface area contributed by atoms with Crippen molar-refractivity contribution < 1.29 is 39.5 Å². The maximum Gasteiger partial charge on any atom is 0.460 e. The number of hydrogen-bond acceptors (Lipinski definition) is 0. The van der Waals surface area contributed by atoms with Crippen LogP contribution in [0.1, 0.15) is 12.0 Å². The molecule has 1 aromatic carbocycles. The quantitative estimate of drug-likeness (QED) is 0.280. The summed E-state index contributed by atoms with van der Waals surface area (Å²) >= 11 is 1.32. The Hall–Kier alpha value is -0.680. The van der Waals surface area contributed by atoms with E-state index in [1.807, 2.05) is 0 Å². The van der Waals surface area contributed by atoms with Gasteiger partial charge in [-0.1, -0.05) is 52.9 Å². The summed E-state index contributed by atoms with van der Waals surface area (Å²) in [6, 6.07) is 7.68. The molecule has 0 saturated carbocycles. The second kappa shape index (κ2) is 6.67. The summed E-state index contributed by atoms with van der Waals surface area (Å²) in [5.74, 6) is -18.9. The lowest BCUT2D eigenvalue weighted by Gasteiger charge is -2.34. The molecule has 0 heterocycles. The highest BCUT2D eigenvalue weighted by atomic mass is 127. The monoisotopic (exact) mass is 464 g/mol. The summed E-state index contributed by atoms with van der Waals surface area (Å²) in [7, 11) is 0. The third-order valence-electron chi connectivity index (χ3n) is 2.99. The Kier molecular flexibility index (Phi) is 5.91. The molecule has 1 unspecified atom stereocenters. The van der Waals surface area contributed by atoms with Gasteiger partial charge >= 0.3 is 23.9 Å². The zero-order valence-electron chi connectivity index (χ0n) is 11.2. The molecule has 0 radical (unpaired) electrons. The second-order valence-corrected chi connectivity index (χ2v) is 6.60. The Bertz CT molecular complexity index is 510. The van der Waals surface area contributed by atoms with Crippen LogP contribution in [0.2, 0.25) is 0 Å². The lowest BCUT2D eigenvalue weighted by molar-refractivity contribution is -0.396. The minimum atomic E-state index is -6.83. The van der Waals surface area contributed by atoms with Gasteiger partial charge in [0.2, 0.25) is 0 Å². The second-order valence-electron chi connectivity index (χ2n) is 4.84. The van der Waals surface area contributed by atoms with Crippen LogP contribution in [0.3, 0.4) is 0 Å². The van der Waals surface area contributed by atoms with Crippen molar-refractivity contribution in [1.29, 1.82) is 0 Å². The van der Waals surface area contributed by atoms with E-state index in [9.17, 15) is 39.5 Å². The van der Waals surface area contributed by atoms with E-state index in [0.717, 1.165) is 0 Å². The van der Waals surface area contributed by atoms with Crippen molar-refractivity contribution in [1.82, 2.24) is 0 Å². The molecule has 0 nitrogen and oxygen atoms in total. The van der Waals surface area contributed by atoms with Gasteiger partial charge in [0.25, 0.3) is 0 Å². The highest BCUT2D eigenvalue weighted by molar-refractivity contribution is 14.1. The van der Waals surface area contributed by atoms with Gasteiger partial charge in [0, 0.05) is 10.3 Å². The first-order valence-corrected chi connectivity index (χ1v) is 7.35. The summed E-state index contributed by atoms with van der Waals surface area (Å²) in [5.41, 5.74) is 0.466. The van der Waals surface area contributed by atoms with Gasteiger partial charge in [-0.15, -0.1) is 0 Å². The molecule has 10 heteroatoms. The Morgan fingerprint density at radius 3 is 1.70 bits per heavy atom. The molecule has 0 N–H and O–H groups in total. The van der Waals surface area contributed by atoms with Gasteiger partial charge in [-0.3, -0.25) is 0 Å². The van der Waals surface area contributed by atoms with Crippen molar-refractivity contribution in [3.05, 3.63) is 35.9 Å². The molecule has 1 aromatic rings. The van der Waals surface area contributed by atoms with Crippen molar-refractivity contribution in [3.63, 3.8) is 0 Å². The van der Waals surface area contributed by atoms with Crippen LogP contribution in [0, 0.1) is 0 Å². The first-order valence-electron chi connectivity index (χ1n) is 6.10. The van der Waals surface area contributed by atoms with Gasteiger partial charge in [0.05, 0.1) is 0 Å². The average molecular weight is 464 g/mol. The van der Waals surface area contributed by atoms with Crippen LogP contribution in [0.4, 0.5) is 39.5 Å². The molecular formula is C13H10F9I. The Balaban J connectivity index is 2.92. The molecule has 23 heavy (non-hydrogen) atoms. The highest BCUT2D eigenvalue weighted by Gasteiger charge is 2.81. The zero-order valence-corrected chi connectivity index (χ0v) is 13.3. The molecule has 0 aliphatic rings. The van der Waals surface area contributed by atoms with E-state index >= 15 is 0 Å². The summed E-state index contributed by atoms with van der Waals surface area (Å²) in [6.45, 7) is 0. The maximum atomic E-state index is 13.4. The summed E-state index contributed by atoms with van der Waals surface area (Å²) in [6.07, 6.45) is -8.77. The van der Waals surface area contributed by atoms with Crippen LogP contribution in [0.15, 0.2) is 30.3 Å². The predicted molar refractivity (Wildman–Crippen MR) is 73.5 cm³/mol. The number of benzene rings is 1. The number of halogens is 10. The first kappa shape index (κ1) is 20.4. The SMILES string of the molecule is FC(F)(F)C(F)(F)C(F)(F)C(F)(F)CC(I)Cc1ccccc1. The maximum absolute atomic E-state index is 13.4. The fourth-order valence-corrected chi connectivity index (χ4v) is 2.82. The normalized spacial score (nSPS) is 15.6. The fraction of sp³-hybridized carbons (Fsp3) is 0.538. The standard InChI is InChI=1S/C13H10F9I/c14-10(15,11(16,17)12(18,19)13(20,21)22)7-9(23)6-8-4-2-1-3-5-8/h1-5,9H,6-7H2. The van der Waals surface area contributed by atoms with Crippen LogP contribution in [0.5, 0.6) is 0 Å². The predicted octanol–water partition coefficient (Wildman–Crippen LogP) is 5.89. The largest absolute Gasteiger partial charge is 0.460 e. The van der Waals surface area contributed by atoms with Crippen molar-refractivity contribution >= 4 is 22.6 Å². The van der Waals surface area contributed by atoms with E-state index in [4.69, 9.17) is 0 Å². The van der Waals surface area contributed by atoms with Gasteiger partial charge in [0.15, 0.2) is 0 Å². The third kappa shape index (κ3) is 4.24. The third-order valence-corrected chi connectivity index (χ3v) is 3.87. The van der Waals surface area contributed by atoms with Gasteiger partial charge < -0.3 is 0 Å². The Morgan fingerprint density at radius 2 is 1.26 bits per heavy atom. The van der Waals surface area contributed by atoms with E-state index in [0.29, 0.717) is 5.56 Å². The minimum Gasteiger partial charge on any atom is -0.200 e. The first-order chi connectivity index (χ1) is 10.2. The van der Waals surface area contributed by atoms with E-state index in [1.165, 1.54) is 34.7 Å². The molecule has 0 bridgehead atoms. The highest BCUT2D eigenvalue weighted by Crippen LogP contribution is 2.54. The smallest absolute Gasteiger partial charge is 0.200 e. The molecule has 0 amide bonds. The lowest BCUT2D eigenvalue weighted by Crippen LogP contribution is -2.61. The molecule has 0 aliphatic carbocycles. The number of hydrogen-bond donors (Lipinski definition) is 0. The van der Waals surface area contributed by atoms with Crippen molar-refractivity contribution in [3.8, 4) is 0 Å². The molecule has 0 aromatic heterocycles. The minimum absolute atomic E-state index is 0.176. The van der Waals surface area contributed by atoms with E-state index in [-0.39, 0.29) is 6.42 Å². The summed E-state index contributed by atoms with van der Waals surface area (Å²) < 4.78 is 113. The van der Waals surface area contributed by atoms with Crippen molar-refractivity contribution in [2.75, 3.05) is 0 Å². The topological polar surface area (TPSA) is 0 Å². The molecule has 0 aliphatic heterocycles. The van der Waals surface area contributed by atoms with Crippen LogP contribution in [0.25, 0.3) is 0 Å². The average Bonchev–Trinajstić information content (AvgIpc) is 2.37. The van der Waals surface area contributed by atoms with Crippen LogP contribution in [-0.2, 0) is 6.42 Å². The number of alkyl halides is 10. The van der Waals surface area contributed by atoms with Crippen LogP contribution < -0.4 is 0 Å². The molecule has 0 saturated heterocycles. The molecular weight excluding hydrogens is 454 g/mol. The summed E-state index contributed by atoms with van der Waals surface area (Å²) in [4.78, 5) is 0. The van der Waals surface area contributed by atoms with E-state index < -0.39 is 34.3 Å². The van der Waals surface area contributed by atoms with Gasteiger partial charge in [-0.05, 0) is 12.0 Å². The Labute approximate surface area is 139 Å². The summed E-state index contributed by atoms with van der Waals surface area (Å²) in [5, 5.41) is 0. The molecule has 1 atom stereocenters. The number of rotatable bonds is 6. The van der Waals surface area contributed by atoms with Gasteiger partial charge in [-0.25, -0.2) is 0 Å². The van der Waals surface area contributed by atoms with E-state index in [1.54, 1.807) is 18.2 Å². The Morgan fingerprint density at radius 1 is 0.783 bits per heavy atom.